The molecule has 0 unspecified atom stereocenters. The number of nitro groups is 1. The van der Waals surface area contributed by atoms with Crippen molar-refractivity contribution in [1.29, 1.82) is 0 Å². The molecule has 0 spiro atoms. The average molecular weight is 362 g/mol. The van der Waals surface area contributed by atoms with Gasteiger partial charge in [0.25, 0.3) is 0 Å². The van der Waals surface area contributed by atoms with Crippen molar-refractivity contribution < 1.29 is 4.92 Å². The first-order valence-corrected chi connectivity index (χ1v) is 9.73. The van der Waals surface area contributed by atoms with Crippen molar-refractivity contribution in [3.63, 3.8) is 0 Å². The third kappa shape index (κ3) is 2.95. The van der Waals surface area contributed by atoms with E-state index in [0.29, 0.717) is 0 Å². The van der Waals surface area contributed by atoms with Crippen molar-refractivity contribution in [1.82, 2.24) is 0 Å². The second kappa shape index (κ2) is 5.46. The molecule has 0 saturated heterocycles. The van der Waals surface area contributed by atoms with Crippen molar-refractivity contribution in [3.05, 3.63) is 71.9 Å². The van der Waals surface area contributed by atoms with Gasteiger partial charge in [0.05, 0.1) is 0 Å². The second-order valence-electron chi connectivity index (χ2n) is 3.27. The van der Waals surface area contributed by atoms with Crippen molar-refractivity contribution in [2.24, 2.45) is 0 Å². The molecular formula is C12H9ClINO2. The van der Waals surface area contributed by atoms with Gasteiger partial charge in [-0.2, -0.15) is 0 Å². The third-order valence-corrected chi connectivity index (χ3v) is 7.99. The van der Waals surface area contributed by atoms with E-state index in [1.807, 2.05) is 30.3 Å². The molecule has 0 fully saturated rings. The van der Waals surface area contributed by atoms with Crippen LogP contribution in [-0.2, 0) is 0 Å². The summed E-state index contributed by atoms with van der Waals surface area (Å²) in [6.45, 7) is 0. The van der Waals surface area contributed by atoms with Gasteiger partial charge >= 0.3 is 110 Å². The summed E-state index contributed by atoms with van der Waals surface area (Å²) >= 11 is -1.91. The van der Waals surface area contributed by atoms with Gasteiger partial charge in [-0.25, -0.2) is 0 Å². The van der Waals surface area contributed by atoms with E-state index in [1.54, 1.807) is 12.1 Å². The van der Waals surface area contributed by atoms with Crippen LogP contribution < -0.4 is 0 Å². The summed E-state index contributed by atoms with van der Waals surface area (Å²) in [5.41, 5.74) is 0.0998. The first-order chi connectivity index (χ1) is 8.18. The maximum atomic E-state index is 10.5. The minimum atomic E-state index is -1.91. The Morgan fingerprint density at radius 1 is 0.941 bits per heavy atom. The molecule has 0 aliphatic heterocycles. The Morgan fingerprint density at radius 3 is 2.00 bits per heavy atom. The number of nitrogens with zero attached hydrogens (tertiary/aromatic N) is 1. The fourth-order valence-electron chi connectivity index (χ4n) is 1.32. The molecule has 0 N–H and O–H groups in total. The normalized spacial score (nSPS) is 11.0. The fourth-order valence-corrected chi connectivity index (χ4v) is 5.36. The van der Waals surface area contributed by atoms with Crippen molar-refractivity contribution >= 4 is 33.3 Å². The van der Waals surface area contributed by atoms with Crippen LogP contribution in [0.4, 0.5) is 5.69 Å². The Hall–Kier alpha value is -1.14. The summed E-state index contributed by atoms with van der Waals surface area (Å²) < 4.78 is 2.14. The van der Waals surface area contributed by atoms with E-state index in [1.165, 1.54) is 12.1 Å². The van der Waals surface area contributed by atoms with Gasteiger partial charge in [-0.05, 0) is 0 Å². The zero-order valence-corrected chi connectivity index (χ0v) is 11.6. The number of non-ortho nitro benzene ring substituents is 1. The topological polar surface area (TPSA) is 43.1 Å². The third-order valence-electron chi connectivity index (χ3n) is 2.15. The van der Waals surface area contributed by atoms with Crippen molar-refractivity contribution in [2.75, 3.05) is 0 Å². The SMILES string of the molecule is O=[N+]([O-])c1ccc(I(Cl)c2ccccc2)cc1. The van der Waals surface area contributed by atoms with Crippen molar-refractivity contribution in [2.45, 2.75) is 0 Å². The van der Waals surface area contributed by atoms with Crippen LogP contribution in [0.15, 0.2) is 54.6 Å². The zero-order valence-electron chi connectivity index (χ0n) is 8.72. The first-order valence-electron chi connectivity index (χ1n) is 4.84. The summed E-state index contributed by atoms with van der Waals surface area (Å²) in [4.78, 5) is 10.1. The molecule has 0 bridgehead atoms. The molecule has 0 aromatic heterocycles. The molecule has 5 heteroatoms. The fraction of sp³-hybridized carbons (Fsp3) is 0. The molecule has 0 radical (unpaired) electrons. The molecule has 2 aromatic carbocycles. The van der Waals surface area contributed by atoms with Crippen LogP contribution in [0.1, 0.15) is 0 Å². The molecule has 0 saturated carbocycles. The molecular weight excluding hydrogens is 352 g/mol. The predicted molar refractivity (Wildman–Crippen MR) is 76.8 cm³/mol. The summed E-state index contributed by atoms with van der Waals surface area (Å²) in [6.07, 6.45) is 0. The molecule has 88 valence electrons. The van der Waals surface area contributed by atoms with E-state index in [9.17, 15) is 10.1 Å². The van der Waals surface area contributed by atoms with E-state index in [-0.39, 0.29) is 5.69 Å². The van der Waals surface area contributed by atoms with Crippen LogP contribution in [0.25, 0.3) is 0 Å². The molecule has 0 aliphatic carbocycles. The Kier molecular flexibility index (Phi) is 3.96. The van der Waals surface area contributed by atoms with Gasteiger partial charge in [0.1, 0.15) is 0 Å². The van der Waals surface area contributed by atoms with Crippen LogP contribution in [0.5, 0.6) is 0 Å². The Balaban J connectivity index is 2.26. The Bertz CT molecular complexity index is 516. The molecule has 17 heavy (non-hydrogen) atoms. The van der Waals surface area contributed by atoms with E-state index in [4.69, 9.17) is 8.91 Å². The van der Waals surface area contributed by atoms with E-state index in [2.05, 4.69) is 0 Å². The standard InChI is InChI=1S/C12H9ClINO2/c13-14(10-4-2-1-3-5-10)11-6-8-12(9-7-11)15(16)17/h1-9H. The maximum absolute atomic E-state index is 10.5. The second-order valence-corrected chi connectivity index (χ2v) is 9.03. The molecule has 2 aromatic rings. The van der Waals surface area contributed by atoms with E-state index < -0.39 is 23.6 Å². The van der Waals surface area contributed by atoms with Gasteiger partial charge in [0.15, 0.2) is 0 Å². The van der Waals surface area contributed by atoms with Crippen LogP contribution in [0.2, 0.25) is 0 Å². The van der Waals surface area contributed by atoms with Crippen molar-refractivity contribution in [3.8, 4) is 0 Å². The Labute approximate surface area is 110 Å². The van der Waals surface area contributed by atoms with Gasteiger partial charge in [-0.15, -0.1) is 0 Å². The molecule has 0 heterocycles. The van der Waals surface area contributed by atoms with E-state index >= 15 is 0 Å². The molecule has 3 nitrogen and oxygen atoms in total. The number of rotatable bonds is 3. The quantitative estimate of drug-likeness (QED) is 0.465. The summed E-state index contributed by atoms with van der Waals surface area (Å²) in [6, 6.07) is 16.4. The predicted octanol–water partition coefficient (Wildman–Crippen LogP) is 4.29. The van der Waals surface area contributed by atoms with Gasteiger partial charge < -0.3 is 0 Å². The molecule has 0 aliphatic rings. The number of hydrogen-bond donors (Lipinski definition) is 0. The van der Waals surface area contributed by atoms with Gasteiger partial charge in [0.2, 0.25) is 0 Å². The minimum absolute atomic E-state index is 0.0998. The molecule has 0 atom stereocenters. The van der Waals surface area contributed by atoms with Gasteiger partial charge in [-0.1, -0.05) is 0 Å². The average Bonchev–Trinajstić information content (AvgIpc) is 2.39. The summed E-state index contributed by atoms with van der Waals surface area (Å²) in [7, 11) is 6.45. The first kappa shape index (κ1) is 12.3. The number of nitro benzene ring substituents is 1. The number of halogens is 2. The molecule has 0 amide bonds. The number of hydrogen-bond acceptors (Lipinski definition) is 2. The monoisotopic (exact) mass is 361 g/mol. The Morgan fingerprint density at radius 2 is 1.47 bits per heavy atom. The molecule has 2 rings (SSSR count). The number of benzene rings is 2. The van der Waals surface area contributed by atoms with E-state index in [0.717, 1.165) is 7.14 Å². The van der Waals surface area contributed by atoms with Crippen LogP contribution >= 0.6 is 27.6 Å². The van der Waals surface area contributed by atoms with Crippen LogP contribution in [0, 0.1) is 17.3 Å². The van der Waals surface area contributed by atoms with Crippen LogP contribution in [-0.4, -0.2) is 4.92 Å². The zero-order chi connectivity index (χ0) is 12.3. The summed E-state index contributed by atoms with van der Waals surface area (Å²) in [5.74, 6) is 0. The van der Waals surface area contributed by atoms with Gasteiger partial charge in [0, 0.05) is 0 Å². The van der Waals surface area contributed by atoms with Crippen LogP contribution in [0.3, 0.4) is 0 Å². The van der Waals surface area contributed by atoms with Gasteiger partial charge in [-0.3, -0.25) is 0 Å². The summed E-state index contributed by atoms with van der Waals surface area (Å²) in [5, 5.41) is 10.5.